The first-order chi connectivity index (χ1) is 13.0. The minimum absolute atomic E-state index is 0.185. The fourth-order valence-corrected chi connectivity index (χ4v) is 4.19. The number of thiophene rings is 1. The van der Waals surface area contributed by atoms with Crippen LogP contribution in [0.5, 0.6) is 0 Å². The normalized spacial score (nSPS) is 11.1. The van der Waals surface area contributed by atoms with E-state index in [-0.39, 0.29) is 12.0 Å². The average Bonchev–Trinajstić information content (AvgIpc) is 3.23. The molecule has 0 radical (unpaired) electrons. The first-order valence-corrected chi connectivity index (χ1v) is 9.03. The maximum absolute atomic E-state index is 14.6. The van der Waals surface area contributed by atoms with Crippen molar-refractivity contribution in [1.82, 2.24) is 4.98 Å². The Hall–Kier alpha value is -2.77. The molecule has 4 rings (SSSR count). The van der Waals surface area contributed by atoms with Gasteiger partial charge in [-0.25, -0.2) is 13.8 Å². The second kappa shape index (κ2) is 6.75. The number of fused-ring (bicyclic) bond motifs is 1. The number of hydrogen-bond acceptors (Lipinski definition) is 4. The predicted molar refractivity (Wildman–Crippen MR) is 102 cm³/mol. The number of nitrogens with zero attached hydrogens (tertiary/aromatic N) is 1. The van der Waals surface area contributed by atoms with E-state index in [2.05, 4.69) is 10.3 Å². The lowest BCUT2D eigenvalue weighted by Crippen LogP contribution is -2.01. The van der Waals surface area contributed by atoms with Gasteiger partial charge in [-0.1, -0.05) is 11.6 Å². The molecule has 0 saturated heterocycles. The quantitative estimate of drug-likeness (QED) is 0.422. The van der Waals surface area contributed by atoms with Gasteiger partial charge in [-0.2, -0.15) is 0 Å². The highest BCUT2D eigenvalue weighted by Gasteiger charge is 2.17. The SMILES string of the molecule is Cc1nc2cc(Cl)c(-c3ccc(-c4ccc(F)c(NC=O)c4F)s3)cc2o1. The molecule has 2 aromatic heterocycles. The van der Waals surface area contributed by atoms with Crippen molar-refractivity contribution in [2.45, 2.75) is 6.92 Å². The van der Waals surface area contributed by atoms with E-state index in [4.69, 9.17) is 16.0 Å². The molecule has 0 spiro atoms. The van der Waals surface area contributed by atoms with Crippen LogP contribution in [0.4, 0.5) is 14.5 Å². The molecule has 2 heterocycles. The lowest BCUT2D eigenvalue weighted by molar-refractivity contribution is -0.105. The molecule has 27 heavy (non-hydrogen) atoms. The van der Waals surface area contributed by atoms with Crippen molar-refractivity contribution in [3.05, 3.63) is 58.9 Å². The molecular formula is C19H11ClF2N2O2S. The van der Waals surface area contributed by atoms with Crippen LogP contribution in [-0.2, 0) is 4.79 Å². The molecule has 1 amide bonds. The van der Waals surface area contributed by atoms with Gasteiger partial charge in [-0.3, -0.25) is 4.79 Å². The number of benzene rings is 2. The van der Waals surface area contributed by atoms with Crippen LogP contribution in [-0.4, -0.2) is 11.4 Å². The largest absolute Gasteiger partial charge is 0.441 e. The van der Waals surface area contributed by atoms with Gasteiger partial charge in [0.2, 0.25) is 6.41 Å². The molecule has 0 atom stereocenters. The first-order valence-electron chi connectivity index (χ1n) is 7.83. The Balaban J connectivity index is 1.80. The predicted octanol–water partition coefficient (Wildman–Crippen LogP) is 6.03. The van der Waals surface area contributed by atoms with E-state index in [0.717, 1.165) is 16.5 Å². The molecule has 1 N–H and O–H groups in total. The average molecular weight is 405 g/mol. The molecule has 136 valence electrons. The highest BCUT2D eigenvalue weighted by Crippen LogP contribution is 2.41. The topological polar surface area (TPSA) is 55.1 Å². The Kier molecular flexibility index (Phi) is 4.41. The maximum atomic E-state index is 14.6. The van der Waals surface area contributed by atoms with Gasteiger partial charge in [0, 0.05) is 27.8 Å². The van der Waals surface area contributed by atoms with Crippen molar-refractivity contribution in [3.8, 4) is 20.9 Å². The van der Waals surface area contributed by atoms with Crippen LogP contribution in [0.15, 0.2) is 40.8 Å². The van der Waals surface area contributed by atoms with Crippen LogP contribution in [0.25, 0.3) is 32.0 Å². The van der Waals surface area contributed by atoms with Crippen LogP contribution in [0, 0.1) is 18.6 Å². The fraction of sp³-hybridized carbons (Fsp3) is 0.0526. The van der Waals surface area contributed by atoms with Crippen LogP contribution in [0.3, 0.4) is 0 Å². The van der Waals surface area contributed by atoms with Gasteiger partial charge in [0.1, 0.15) is 17.0 Å². The summed E-state index contributed by atoms with van der Waals surface area (Å²) in [6, 6.07) is 9.46. The number of oxazole rings is 1. The molecule has 2 aromatic carbocycles. The number of anilines is 1. The summed E-state index contributed by atoms with van der Waals surface area (Å²) >= 11 is 7.66. The number of halogens is 3. The number of aryl methyl sites for hydroxylation is 1. The Morgan fingerprint density at radius 2 is 1.89 bits per heavy atom. The van der Waals surface area contributed by atoms with E-state index >= 15 is 0 Å². The summed E-state index contributed by atoms with van der Waals surface area (Å²) < 4.78 is 33.9. The summed E-state index contributed by atoms with van der Waals surface area (Å²) in [6.45, 7) is 1.75. The molecule has 0 unspecified atom stereocenters. The van der Waals surface area contributed by atoms with E-state index in [9.17, 15) is 13.6 Å². The van der Waals surface area contributed by atoms with E-state index in [1.807, 2.05) is 0 Å². The van der Waals surface area contributed by atoms with Crippen LogP contribution in [0.2, 0.25) is 5.02 Å². The fourth-order valence-electron chi connectivity index (χ4n) is 2.81. The van der Waals surface area contributed by atoms with Crippen LogP contribution >= 0.6 is 22.9 Å². The number of rotatable bonds is 4. The van der Waals surface area contributed by atoms with E-state index in [1.54, 1.807) is 31.2 Å². The first kappa shape index (κ1) is 17.6. The Bertz CT molecular complexity index is 1190. The Morgan fingerprint density at radius 3 is 2.63 bits per heavy atom. The molecule has 0 aliphatic rings. The zero-order valence-electron chi connectivity index (χ0n) is 13.8. The number of amides is 1. The Labute approximate surface area is 161 Å². The summed E-state index contributed by atoms with van der Waals surface area (Å²) in [5.41, 5.74) is 1.70. The van der Waals surface area contributed by atoms with Gasteiger partial charge in [-0.15, -0.1) is 11.3 Å². The highest BCUT2D eigenvalue weighted by atomic mass is 35.5. The molecule has 0 bridgehead atoms. The standard InChI is InChI=1S/C19H11ClF2N2O2S/c1-9-24-14-7-12(20)11(6-15(14)26-9)17-5-4-16(27-17)10-2-3-13(21)19(18(10)22)23-8-25/h2-8H,1H3,(H,23,25). The summed E-state index contributed by atoms with van der Waals surface area (Å²) in [4.78, 5) is 16.2. The van der Waals surface area contributed by atoms with E-state index in [1.165, 1.54) is 17.4 Å². The third-order valence-corrected chi connectivity index (χ3v) is 5.48. The third-order valence-electron chi connectivity index (χ3n) is 4.02. The zero-order valence-corrected chi connectivity index (χ0v) is 15.4. The summed E-state index contributed by atoms with van der Waals surface area (Å²) in [5, 5.41) is 2.55. The minimum Gasteiger partial charge on any atom is -0.441 e. The van der Waals surface area contributed by atoms with Gasteiger partial charge in [-0.05, 0) is 36.4 Å². The number of aromatic nitrogens is 1. The van der Waals surface area contributed by atoms with Crippen molar-refractivity contribution in [3.63, 3.8) is 0 Å². The van der Waals surface area contributed by atoms with Crippen molar-refractivity contribution < 1.29 is 18.0 Å². The van der Waals surface area contributed by atoms with Crippen molar-refractivity contribution in [2.24, 2.45) is 0 Å². The number of hydrogen-bond donors (Lipinski definition) is 1. The molecule has 0 aliphatic heterocycles. The minimum atomic E-state index is -0.839. The molecule has 8 heteroatoms. The molecule has 0 aliphatic carbocycles. The third kappa shape index (κ3) is 3.09. The number of carbonyl (C=O) groups excluding carboxylic acids is 1. The molecule has 0 fully saturated rings. The maximum Gasteiger partial charge on any atom is 0.211 e. The van der Waals surface area contributed by atoms with Crippen molar-refractivity contribution >= 4 is 46.1 Å². The molecule has 0 saturated carbocycles. The van der Waals surface area contributed by atoms with E-state index < -0.39 is 17.3 Å². The summed E-state index contributed by atoms with van der Waals surface area (Å²) in [5.74, 6) is -1.13. The summed E-state index contributed by atoms with van der Waals surface area (Å²) in [7, 11) is 0. The Morgan fingerprint density at radius 1 is 1.15 bits per heavy atom. The second-order valence-corrected chi connectivity index (χ2v) is 7.23. The van der Waals surface area contributed by atoms with Gasteiger partial charge in [0.25, 0.3) is 0 Å². The lowest BCUT2D eigenvalue weighted by Gasteiger charge is -2.07. The van der Waals surface area contributed by atoms with Gasteiger partial charge in [0.05, 0.1) is 5.02 Å². The zero-order chi connectivity index (χ0) is 19.1. The molecular weight excluding hydrogens is 394 g/mol. The van der Waals surface area contributed by atoms with Crippen LogP contribution in [0.1, 0.15) is 5.89 Å². The van der Waals surface area contributed by atoms with Gasteiger partial charge < -0.3 is 9.73 Å². The van der Waals surface area contributed by atoms with E-state index in [0.29, 0.717) is 26.9 Å². The monoisotopic (exact) mass is 404 g/mol. The lowest BCUT2D eigenvalue weighted by atomic mass is 10.1. The second-order valence-electron chi connectivity index (χ2n) is 5.74. The van der Waals surface area contributed by atoms with Crippen LogP contribution < -0.4 is 5.32 Å². The summed E-state index contributed by atoms with van der Waals surface area (Å²) in [6.07, 6.45) is 0.236. The number of nitrogens with one attached hydrogen (secondary N) is 1. The molecule has 4 nitrogen and oxygen atoms in total. The molecule has 4 aromatic rings. The van der Waals surface area contributed by atoms with Gasteiger partial charge >= 0.3 is 0 Å². The van der Waals surface area contributed by atoms with Gasteiger partial charge in [0.15, 0.2) is 17.3 Å². The van der Waals surface area contributed by atoms with Crippen molar-refractivity contribution in [2.75, 3.05) is 5.32 Å². The number of carbonyl (C=O) groups is 1. The highest BCUT2D eigenvalue weighted by molar-refractivity contribution is 7.18. The van der Waals surface area contributed by atoms with Crippen molar-refractivity contribution in [1.29, 1.82) is 0 Å². The smallest absolute Gasteiger partial charge is 0.211 e.